The van der Waals surface area contributed by atoms with E-state index in [1.165, 1.54) is 0 Å². The number of hydrogen-bond acceptors (Lipinski definition) is 3. The zero-order valence-electron chi connectivity index (χ0n) is 8.70. The number of hydrogen-bond donors (Lipinski definition) is 1. The average Bonchev–Trinajstić information content (AvgIpc) is 2.62. The van der Waals surface area contributed by atoms with Crippen LogP contribution in [0.4, 0.5) is 0 Å². The van der Waals surface area contributed by atoms with Gasteiger partial charge in [0.15, 0.2) is 0 Å². The molecule has 0 aliphatic heterocycles. The lowest BCUT2D eigenvalue weighted by molar-refractivity contribution is 0.516. The molecule has 0 amide bonds. The van der Waals surface area contributed by atoms with E-state index in [-0.39, 0.29) is 0 Å². The maximum atomic E-state index is 5.21. The van der Waals surface area contributed by atoms with E-state index in [0.29, 0.717) is 6.04 Å². The van der Waals surface area contributed by atoms with Crippen LogP contribution in [0.3, 0.4) is 0 Å². The molecule has 1 heterocycles. The molecule has 1 atom stereocenters. The molecule has 1 aromatic rings. The molecule has 1 N–H and O–H groups in total. The fraction of sp³-hybridized carbons (Fsp3) is 0.600. The SMILES string of the molecule is C#CCC(C)NCc1ncnn1CC. The molecule has 1 aromatic heterocycles. The summed E-state index contributed by atoms with van der Waals surface area (Å²) in [6.45, 7) is 5.67. The van der Waals surface area contributed by atoms with Crippen molar-refractivity contribution < 1.29 is 0 Å². The van der Waals surface area contributed by atoms with Gasteiger partial charge in [-0.05, 0) is 13.8 Å². The topological polar surface area (TPSA) is 42.7 Å². The van der Waals surface area contributed by atoms with Gasteiger partial charge in [0.05, 0.1) is 6.54 Å². The second kappa shape index (κ2) is 5.40. The molecule has 0 spiro atoms. The Kier molecular flexibility index (Phi) is 4.14. The Morgan fingerprint density at radius 2 is 2.50 bits per heavy atom. The standard InChI is InChI=1S/C10H16N4/c1-4-6-9(3)11-7-10-12-8-13-14(10)5-2/h1,8-9,11H,5-7H2,2-3H3. The van der Waals surface area contributed by atoms with E-state index in [0.717, 1.165) is 25.3 Å². The predicted octanol–water partition coefficient (Wildman–Crippen LogP) is 0.799. The van der Waals surface area contributed by atoms with Crippen molar-refractivity contribution in [1.29, 1.82) is 0 Å². The summed E-state index contributed by atoms with van der Waals surface area (Å²) in [4.78, 5) is 4.16. The van der Waals surface area contributed by atoms with Gasteiger partial charge in [0.2, 0.25) is 0 Å². The molecule has 0 bridgehead atoms. The maximum absolute atomic E-state index is 5.21. The molecule has 1 rings (SSSR count). The summed E-state index contributed by atoms with van der Waals surface area (Å²) >= 11 is 0. The highest BCUT2D eigenvalue weighted by molar-refractivity contribution is 4.90. The molecular weight excluding hydrogens is 176 g/mol. The number of aromatic nitrogens is 3. The van der Waals surface area contributed by atoms with Gasteiger partial charge in [-0.15, -0.1) is 12.3 Å². The Morgan fingerprint density at radius 3 is 3.14 bits per heavy atom. The van der Waals surface area contributed by atoms with Gasteiger partial charge in [0.1, 0.15) is 12.2 Å². The van der Waals surface area contributed by atoms with Crippen LogP contribution >= 0.6 is 0 Å². The maximum Gasteiger partial charge on any atom is 0.140 e. The minimum Gasteiger partial charge on any atom is -0.306 e. The van der Waals surface area contributed by atoms with Crippen molar-refractivity contribution >= 4 is 0 Å². The molecule has 76 valence electrons. The van der Waals surface area contributed by atoms with Crippen LogP contribution in [0.2, 0.25) is 0 Å². The van der Waals surface area contributed by atoms with Gasteiger partial charge in [0, 0.05) is 19.0 Å². The lowest BCUT2D eigenvalue weighted by atomic mass is 10.2. The minimum absolute atomic E-state index is 0.321. The Morgan fingerprint density at radius 1 is 1.71 bits per heavy atom. The fourth-order valence-corrected chi connectivity index (χ4v) is 1.20. The van der Waals surface area contributed by atoms with Gasteiger partial charge in [0.25, 0.3) is 0 Å². The normalized spacial score (nSPS) is 12.4. The first-order valence-electron chi connectivity index (χ1n) is 4.81. The van der Waals surface area contributed by atoms with Gasteiger partial charge < -0.3 is 5.32 Å². The summed E-state index contributed by atoms with van der Waals surface area (Å²) in [6.07, 6.45) is 7.52. The highest BCUT2D eigenvalue weighted by atomic mass is 15.3. The largest absolute Gasteiger partial charge is 0.306 e. The van der Waals surface area contributed by atoms with Gasteiger partial charge >= 0.3 is 0 Å². The fourth-order valence-electron chi connectivity index (χ4n) is 1.20. The van der Waals surface area contributed by atoms with Crippen LogP contribution in [-0.2, 0) is 13.1 Å². The van der Waals surface area contributed by atoms with Gasteiger partial charge in [-0.1, -0.05) is 0 Å². The van der Waals surface area contributed by atoms with E-state index in [1.807, 2.05) is 11.6 Å². The molecule has 14 heavy (non-hydrogen) atoms. The van der Waals surface area contributed by atoms with Crippen LogP contribution in [0.15, 0.2) is 6.33 Å². The summed E-state index contributed by atoms with van der Waals surface area (Å²) in [5.41, 5.74) is 0. The van der Waals surface area contributed by atoms with E-state index < -0.39 is 0 Å². The van der Waals surface area contributed by atoms with Gasteiger partial charge in [-0.25, -0.2) is 9.67 Å². The number of aryl methyl sites for hydroxylation is 1. The molecule has 4 nitrogen and oxygen atoms in total. The number of rotatable bonds is 5. The molecule has 0 aliphatic carbocycles. The molecule has 0 saturated carbocycles. The van der Waals surface area contributed by atoms with Crippen molar-refractivity contribution in [1.82, 2.24) is 20.1 Å². The minimum atomic E-state index is 0.321. The third kappa shape index (κ3) is 2.86. The lowest BCUT2D eigenvalue weighted by Gasteiger charge is -2.10. The third-order valence-electron chi connectivity index (χ3n) is 2.03. The predicted molar refractivity (Wildman–Crippen MR) is 55.4 cm³/mol. The van der Waals surface area contributed by atoms with Crippen molar-refractivity contribution in [3.8, 4) is 12.3 Å². The summed E-state index contributed by atoms with van der Waals surface area (Å²) in [5, 5.41) is 7.38. The van der Waals surface area contributed by atoms with Crippen LogP contribution in [0.25, 0.3) is 0 Å². The second-order valence-corrected chi connectivity index (χ2v) is 3.18. The Labute approximate surface area is 84.7 Å². The second-order valence-electron chi connectivity index (χ2n) is 3.18. The van der Waals surface area contributed by atoms with Crippen molar-refractivity contribution in [2.24, 2.45) is 0 Å². The molecule has 0 aromatic carbocycles. The Hall–Kier alpha value is -1.34. The summed E-state index contributed by atoms with van der Waals surface area (Å²) in [7, 11) is 0. The van der Waals surface area contributed by atoms with E-state index in [1.54, 1.807) is 6.33 Å². The molecular formula is C10H16N4. The van der Waals surface area contributed by atoms with Crippen molar-refractivity contribution in [3.05, 3.63) is 12.2 Å². The smallest absolute Gasteiger partial charge is 0.140 e. The van der Waals surface area contributed by atoms with Gasteiger partial charge in [-0.2, -0.15) is 5.10 Å². The van der Waals surface area contributed by atoms with Crippen LogP contribution in [0, 0.1) is 12.3 Å². The lowest BCUT2D eigenvalue weighted by Crippen LogP contribution is -2.26. The van der Waals surface area contributed by atoms with E-state index in [2.05, 4.69) is 28.2 Å². The van der Waals surface area contributed by atoms with Crippen LogP contribution in [0.1, 0.15) is 26.1 Å². The highest BCUT2D eigenvalue weighted by Gasteiger charge is 2.04. The third-order valence-corrected chi connectivity index (χ3v) is 2.03. The summed E-state index contributed by atoms with van der Waals surface area (Å²) in [6, 6.07) is 0.321. The first-order valence-corrected chi connectivity index (χ1v) is 4.81. The van der Waals surface area contributed by atoms with Crippen molar-refractivity contribution in [2.75, 3.05) is 0 Å². The molecule has 0 aliphatic rings. The zero-order chi connectivity index (χ0) is 10.4. The van der Waals surface area contributed by atoms with Gasteiger partial charge in [-0.3, -0.25) is 0 Å². The number of terminal acetylenes is 1. The van der Waals surface area contributed by atoms with Crippen molar-refractivity contribution in [2.45, 2.75) is 39.4 Å². The number of nitrogens with zero attached hydrogens (tertiary/aromatic N) is 3. The van der Waals surface area contributed by atoms with E-state index in [4.69, 9.17) is 6.42 Å². The quantitative estimate of drug-likeness (QED) is 0.702. The first-order chi connectivity index (χ1) is 6.77. The van der Waals surface area contributed by atoms with Crippen LogP contribution < -0.4 is 5.32 Å². The van der Waals surface area contributed by atoms with Crippen molar-refractivity contribution in [3.63, 3.8) is 0 Å². The average molecular weight is 192 g/mol. The Bertz CT molecular complexity index is 310. The highest BCUT2D eigenvalue weighted by Crippen LogP contribution is 1.95. The number of nitrogens with one attached hydrogen (secondary N) is 1. The van der Waals surface area contributed by atoms with Crippen LogP contribution in [0.5, 0.6) is 0 Å². The summed E-state index contributed by atoms with van der Waals surface area (Å²) in [5.74, 6) is 3.58. The van der Waals surface area contributed by atoms with Crippen LogP contribution in [-0.4, -0.2) is 20.8 Å². The molecule has 4 heteroatoms. The molecule has 1 unspecified atom stereocenters. The van der Waals surface area contributed by atoms with E-state index >= 15 is 0 Å². The Balaban J connectivity index is 2.42. The monoisotopic (exact) mass is 192 g/mol. The zero-order valence-corrected chi connectivity index (χ0v) is 8.70. The molecule has 0 fully saturated rings. The summed E-state index contributed by atoms with van der Waals surface area (Å²) < 4.78 is 1.87. The molecule has 0 saturated heterocycles. The first kappa shape index (κ1) is 10.7. The molecule has 0 radical (unpaired) electrons. The van der Waals surface area contributed by atoms with E-state index in [9.17, 15) is 0 Å².